The topological polar surface area (TPSA) is 121 Å². The van der Waals surface area contributed by atoms with Crippen molar-refractivity contribution in [3.05, 3.63) is 55.7 Å². The molecular formula is C30H28N4O6. The van der Waals surface area contributed by atoms with Gasteiger partial charge in [-0.05, 0) is 79.2 Å². The van der Waals surface area contributed by atoms with Gasteiger partial charge < -0.3 is 24.1 Å². The van der Waals surface area contributed by atoms with Crippen LogP contribution in [0, 0.1) is 22.7 Å². The molecule has 5 heterocycles. The summed E-state index contributed by atoms with van der Waals surface area (Å²) in [6.07, 6.45) is 7.84. The summed E-state index contributed by atoms with van der Waals surface area (Å²) < 4.78 is 18.2. The third-order valence-electron chi connectivity index (χ3n) is 10.4. The number of benzene rings is 1. The molecular weight excluding hydrogens is 512 g/mol. The first-order valence-electron chi connectivity index (χ1n) is 14.2. The highest BCUT2D eigenvalue weighted by Crippen LogP contribution is 2.56. The minimum atomic E-state index is -1.35. The van der Waals surface area contributed by atoms with Crippen LogP contribution in [0.4, 0.5) is 0 Å². The van der Waals surface area contributed by atoms with Crippen LogP contribution in [0.2, 0.25) is 0 Å². The molecule has 0 amide bonds. The Kier molecular flexibility index (Phi) is 4.54. The number of carbonyl (C=O) groups excluding carboxylic acids is 1. The molecule has 4 saturated carbocycles. The first-order valence-corrected chi connectivity index (χ1v) is 14.2. The Morgan fingerprint density at radius 2 is 1.70 bits per heavy atom. The summed E-state index contributed by atoms with van der Waals surface area (Å²) in [6, 6.07) is 4.30. The summed E-state index contributed by atoms with van der Waals surface area (Å²) >= 11 is 0. The van der Waals surface area contributed by atoms with Crippen LogP contribution >= 0.6 is 0 Å². The molecule has 10 heteroatoms. The van der Waals surface area contributed by atoms with Crippen molar-refractivity contribution in [3.63, 3.8) is 0 Å². The van der Waals surface area contributed by atoms with Crippen LogP contribution < -0.4 is 20.3 Å². The Morgan fingerprint density at radius 1 is 0.975 bits per heavy atom. The molecule has 4 bridgehead atoms. The highest BCUT2D eigenvalue weighted by atomic mass is 16.7. The minimum absolute atomic E-state index is 0.160. The zero-order valence-electron chi connectivity index (χ0n) is 21.9. The summed E-state index contributed by atoms with van der Waals surface area (Å²) in [5.74, 6) is 3.09. The molecule has 4 fully saturated rings. The maximum atomic E-state index is 13.6. The van der Waals surface area contributed by atoms with Crippen molar-refractivity contribution < 1.29 is 19.0 Å². The van der Waals surface area contributed by atoms with Gasteiger partial charge in [0.05, 0.1) is 29.0 Å². The number of carbonyl (C=O) groups is 1. The average Bonchev–Trinajstić information content (AvgIpc) is 3.53. The van der Waals surface area contributed by atoms with E-state index in [4.69, 9.17) is 19.2 Å². The largest absolute Gasteiger partial charge is 0.459 e. The third-order valence-corrected chi connectivity index (χ3v) is 10.4. The van der Waals surface area contributed by atoms with E-state index in [1.807, 2.05) is 12.1 Å². The van der Waals surface area contributed by atoms with Crippen molar-refractivity contribution >= 4 is 16.9 Å². The molecule has 40 heavy (non-hydrogen) atoms. The predicted octanol–water partition coefficient (Wildman–Crippen LogP) is 4.08. The number of nitrogens with zero attached hydrogens (tertiary/aromatic N) is 3. The van der Waals surface area contributed by atoms with E-state index < -0.39 is 12.0 Å². The first-order chi connectivity index (χ1) is 19.5. The molecule has 10 nitrogen and oxygen atoms in total. The molecule has 0 saturated heterocycles. The predicted molar refractivity (Wildman–Crippen MR) is 143 cm³/mol. The average molecular weight is 541 g/mol. The quantitative estimate of drug-likeness (QED) is 0.304. The highest BCUT2D eigenvalue weighted by Gasteiger charge is 2.50. The van der Waals surface area contributed by atoms with Crippen LogP contribution in [0.1, 0.15) is 66.8 Å². The lowest BCUT2D eigenvalue weighted by Gasteiger charge is -2.57. The summed E-state index contributed by atoms with van der Waals surface area (Å²) in [5.41, 5.74) is 4.64. The second-order valence-electron chi connectivity index (χ2n) is 12.7. The van der Waals surface area contributed by atoms with Gasteiger partial charge in [0, 0.05) is 34.7 Å². The summed E-state index contributed by atoms with van der Waals surface area (Å²) in [6.45, 7) is 1.04. The van der Waals surface area contributed by atoms with Gasteiger partial charge in [0.2, 0.25) is 12.8 Å². The second-order valence-corrected chi connectivity index (χ2v) is 12.7. The molecule has 204 valence electrons. The number of aromatic nitrogens is 2. The Labute approximate surface area is 229 Å². The number of rotatable bonds is 4. The van der Waals surface area contributed by atoms with Gasteiger partial charge in [-0.15, -0.1) is 4.91 Å². The smallest absolute Gasteiger partial charge is 0.339 e. The SMILES string of the molecule is O=NC1C(=O)OCc2c1cc1n(c2=O)Cc2c-1nc1cc3c(cc1c2CNC12CC4CC(CC(C4)C1)C2)OCO3. The number of cyclic esters (lactones) is 1. The lowest BCUT2D eigenvalue weighted by atomic mass is 9.53. The lowest BCUT2D eigenvalue weighted by molar-refractivity contribution is -0.148. The number of hydrogen-bond donors (Lipinski definition) is 1. The van der Waals surface area contributed by atoms with Crippen molar-refractivity contribution in [2.45, 2.75) is 69.8 Å². The van der Waals surface area contributed by atoms with Crippen LogP contribution in [0.15, 0.2) is 28.2 Å². The monoisotopic (exact) mass is 540 g/mol. The molecule has 2 aromatic heterocycles. The molecule has 0 spiro atoms. The van der Waals surface area contributed by atoms with Gasteiger partial charge in [0.15, 0.2) is 11.5 Å². The number of fused-ring (bicyclic) bond motifs is 6. The van der Waals surface area contributed by atoms with E-state index in [-0.39, 0.29) is 24.5 Å². The van der Waals surface area contributed by atoms with Gasteiger partial charge in [0.25, 0.3) is 5.56 Å². The van der Waals surface area contributed by atoms with Gasteiger partial charge >= 0.3 is 5.97 Å². The highest BCUT2D eigenvalue weighted by molar-refractivity contribution is 5.91. The minimum Gasteiger partial charge on any atom is -0.459 e. The van der Waals surface area contributed by atoms with E-state index in [9.17, 15) is 14.5 Å². The second kappa shape index (κ2) is 7.90. The Morgan fingerprint density at radius 3 is 2.42 bits per heavy atom. The van der Waals surface area contributed by atoms with Gasteiger partial charge in [0.1, 0.15) is 6.61 Å². The van der Waals surface area contributed by atoms with Crippen molar-refractivity contribution in [2.24, 2.45) is 22.9 Å². The van der Waals surface area contributed by atoms with Crippen LogP contribution in [-0.4, -0.2) is 27.9 Å². The van der Waals surface area contributed by atoms with Crippen molar-refractivity contribution in [2.75, 3.05) is 6.79 Å². The number of ether oxygens (including phenoxy) is 3. The molecule has 0 radical (unpaired) electrons. The van der Waals surface area contributed by atoms with E-state index in [1.54, 1.807) is 10.6 Å². The number of pyridine rings is 2. The van der Waals surface area contributed by atoms with E-state index >= 15 is 0 Å². The Bertz CT molecular complexity index is 1690. The summed E-state index contributed by atoms with van der Waals surface area (Å²) in [7, 11) is 0. The molecule has 3 aromatic rings. The summed E-state index contributed by atoms with van der Waals surface area (Å²) in [5, 5.41) is 8.01. The molecule has 1 aromatic carbocycles. The van der Waals surface area contributed by atoms with Crippen LogP contribution in [0.5, 0.6) is 11.5 Å². The molecule has 4 aliphatic carbocycles. The fourth-order valence-corrected chi connectivity index (χ4v) is 9.00. The van der Waals surface area contributed by atoms with Gasteiger partial charge in [-0.3, -0.25) is 4.79 Å². The summed E-state index contributed by atoms with van der Waals surface area (Å²) in [4.78, 5) is 42.5. The number of hydrogen-bond acceptors (Lipinski definition) is 9. The zero-order valence-corrected chi connectivity index (χ0v) is 21.9. The molecule has 1 unspecified atom stereocenters. The lowest BCUT2D eigenvalue weighted by Crippen LogP contribution is -2.58. The van der Waals surface area contributed by atoms with Crippen molar-refractivity contribution in [1.82, 2.24) is 14.9 Å². The first kappa shape index (κ1) is 23.0. The van der Waals surface area contributed by atoms with E-state index in [2.05, 4.69) is 10.5 Å². The van der Waals surface area contributed by atoms with E-state index in [0.29, 0.717) is 47.1 Å². The van der Waals surface area contributed by atoms with E-state index in [0.717, 1.165) is 39.8 Å². The van der Waals surface area contributed by atoms with E-state index in [1.165, 1.54) is 38.5 Å². The fraction of sp³-hybridized carbons (Fsp3) is 0.500. The molecule has 3 aliphatic heterocycles. The van der Waals surface area contributed by atoms with Gasteiger partial charge in [-0.2, -0.15) is 0 Å². The third kappa shape index (κ3) is 3.11. The molecule has 1 N–H and O–H groups in total. The molecule has 10 rings (SSSR count). The fourth-order valence-electron chi connectivity index (χ4n) is 9.00. The maximum absolute atomic E-state index is 13.6. The number of nitroso groups, excluding NO2 is 1. The number of esters is 1. The van der Waals surface area contributed by atoms with Crippen LogP contribution in [-0.2, 0) is 29.2 Å². The Hall–Kier alpha value is -3.79. The standard InChI is InChI=1S/C30H28N4O6/c35-28-21-12-38-29(36)27(33-37)18(21)4-23-26-20(11-34(23)28)19(17-5-24-25(40-13-39-24)6-22(17)32-26)10-31-30-7-14-1-15(8-30)3-16(2-14)9-30/h4-6,14-16,27,31H,1-3,7-13H2. The van der Waals surface area contributed by atoms with Crippen molar-refractivity contribution in [1.29, 1.82) is 0 Å². The van der Waals surface area contributed by atoms with Crippen LogP contribution in [0.3, 0.4) is 0 Å². The van der Waals surface area contributed by atoms with Crippen LogP contribution in [0.25, 0.3) is 22.3 Å². The normalized spacial score (nSPS) is 30.2. The Balaban J connectivity index is 1.20. The zero-order chi connectivity index (χ0) is 26.7. The van der Waals surface area contributed by atoms with Gasteiger partial charge in [-0.25, -0.2) is 9.78 Å². The molecule has 7 aliphatic rings. The van der Waals surface area contributed by atoms with Crippen molar-refractivity contribution in [3.8, 4) is 22.9 Å². The molecule has 1 atom stereocenters. The van der Waals surface area contributed by atoms with Gasteiger partial charge in [-0.1, -0.05) is 0 Å². The number of nitrogens with one attached hydrogen (secondary N) is 1. The maximum Gasteiger partial charge on any atom is 0.339 e.